The molecular weight excluding hydrogens is 396 g/mol. The van der Waals surface area contributed by atoms with Crippen molar-refractivity contribution in [2.24, 2.45) is 0 Å². The van der Waals surface area contributed by atoms with Gasteiger partial charge in [-0.15, -0.1) is 0 Å². The summed E-state index contributed by atoms with van der Waals surface area (Å²) in [6.07, 6.45) is 5.41. The Balaban J connectivity index is 1.68. The first-order valence-corrected chi connectivity index (χ1v) is 9.86. The lowest BCUT2D eigenvalue weighted by Crippen LogP contribution is -2.11. The van der Waals surface area contributed by atoms with Crippen LogP contribution in [0.25, 0.3) is 22.3 Å². The van der Waals surface area contributed by atoms with Crippen LogP contribution < -0.4 is 19.8 Å². The lowest BCUT2D eigenvalue weighted by atomic mass is 10.0. The quantitative estimate of drug-likeness (QED) is 0.492. The van der Waals surface area contributed by atoms with Crippen molar-refractivity contribution in [2.45, 2.75) is 20.4 Å². The Morgan fingerprint density at radius 3 is 2.48 bits per heavy atom. The van der Waals surface area contributed by atoms with E-state index in [0.717, 1.165) is 22.4 Å². The van der Waals surface area contributed by atoms with Crippen molar-refractivity contribution in [3.63, 3.8) is 0 Å². The standard InChI is InChI=1S/C23H24N4O4/c1-14-9-16(10-15(2)21(14)31-8-7-27-6-5-24-13-27)22-25-18-11-17(29-3)12-19(30-4)20(18)23(28)26-22/h5-6,9-13H,7-8H2,1-4H3,(H,25,26,28). The Labute approximate surface area is 179 Å². The molecule has 0 spiro atoms. The van der Waals surface area contributed by atoms with Gasteiger partial charge >= 0.3 is 0 Å². The fourth-order valence-corrected chi connectivity index (χ4v) is 3.61. The van der Waals surface area contributed by atoms with E-state index >= 15 is 0 Å². The van der Waals surface area contributed by atoms with E-state index in [1.807, 2.05) is 36.7 Å². The molecule has 2 aromatic carbocycles. The second-order valence-electron chi connectivity index (χ2n) is 7.23. The average Bonchev–Trinajstić information content (AvgIpc) is 3.27. The third kappa shape index (κ3) is 4.09. The van der Waals surface area contributed by atoms with E-state index in [1.54, 1.807) is 31.8 Å². The second kappa shape index (κ2) is 8.51. The summed E-state index contributed by atoms with van der Waals surface area (Å²) in [6, 6.07) is 7.31. The van der Waals surface area contributed by atoms with Gasteiger partial charge in [-0.2, -0.15) is 0 Å². The Bertz CT molecular complexity index is 1260. The van der Waals surface area contributed by atoms with E-state index in [9.17, 15) is 4.79 Å². The van der Waals surface area contributed by atoms with Gasteiger partial charge in [0, 0.05) is 30.1 Å². The highest BCUT2D eigenvalue weighted by molar-refractivity contribution is 5.87. The molecule has 0 saturated heterocycles. The largest absolute Gasteiger partial charge is 0.497 e. The average molecular weight is 420 g/mol. The van der Waals surface area contributed by atoms with E-state index in [-0.39, 0.29) is 5.56 Å². The van der Waals surface area contributed by atoms with Crippen molar-refractivity contribution < 1.29 is 14.2 Å². The van der Waals surface area contributed by atoms with Gasteiger partial charge in [0.05, 0.1) is 32.6 Å². The van der Waals surface area contributed by atoms with Gasteiger partial charge in [-0.25, -0.2) is 9.97 Å². The fraction of sp³-hybridized carbons (Fsp3) is 0.261. The van der Waals surface area contributed by atoms with Crippen LogP contribution in [0.3, 0.4) is 0 Å². The zero-order valence-corrected chi connectivity index (χ0v) is 17.9. The molecule has 160 valence electrons. The number of H-pyrrole nitrogens is 1. The number of aromatic nitrogens is 4. The number of nitrogens with zero attached hydrogens (tertiary/aromatic N) is 3. The van der Waals surface area contributed by atoms with Crippen LogP contribution in [-0.4, -0.2) is 40.3 Å². The van der Waals surface area contributed by atoms with E-state index in [0.29, 0.717) is 41.4 Å². The number of ether oxygens (including phenoxy) is 3. The van der Waals surface area contributed by atoms with Crippen molar-refractivity contribution >= 4 is 10.9 Å². The molecule has 0 atom stereocenters. The molecule has 31 heavy (non-hydrogen) atoms. The van der Waals surface area contributed by atoms with Crippen LogP contribution in [0.4, 0.5) is 0 Å². The minimum absolute atomic E-state index is 0.268. The van der Waals surface area contributed by atoms with E-state index < -0.39 is 0 Å². The molecule has 4 rings (SSSR count). The minimum Gasteiger partial charge on any atom is -0.497 e. The predicted molar refractivity (Wildman–Crippen MR) is 118 cm³/mol. The Morgan fingerprint density at radius 1 is 1.06 bits per heavy atom. The van der Waals surface area contributed by atoms with Crippen molar-refractivity contribution in [3.8, 4) is 28.6 Å². The molecule has 0 amide bonds. The highest BCUT2D eigenvalue weighted by Crippen LogP contribution is 2.31. The smallest absolute Gasteiger partial charge is 0.262 e. The summed E-state index contributed by atoms with van der Waals surface area (Å²) in [4.78, 5) is 24.4. The SMILES string of the molecule is COc1cc(OC)c2c(=O)[nH]c(-c3cc(C)c(OCCn4ccnc4)c(C)c3)nc2c1. The zero-order valence-electron chi connectivity index (χ0n) is 17.9. The first-order chi connectivity index (χ1) is 15.0. The van der Waals surface area contributed by atoms with Crippen molar-refractivity contribution in [1.29, 1.82) is 0 Å². The van der Waals surface area contributed by atoms with E-state index in [4.69, 9.17) is 14.2 Å². The number of methoxy groups -OCH3 is 2. The first kappa shape index (κ1) is 20.5. The number of nitrogens with one attached hydrogen (secondary N) is 1. The molecule has 0 aliphatic rings. The normalized spacial score (nSPS) is 11.0. The maximum Gasteiger partial charge on any atom is 0.262 e. The van der Waals surface area contributed by atoms with Crippen LogP contribution in [0.1, 0.15) is 11.1 Å². The molecule has 0 saturated carbocycles. The van der Waals surface area contributed by atoms with Crippen molar-refractivity contribution in [3.05, 3.63) is 64.5 Å². The number of aryl methyl sites for hydroxylation is 2. The highest BCUT2D eigenvalue weighted by Gasteiger charge is 2.15. The second-order valence-corrected chi connectivity index (χ2v) is 7.23. The Morgan fingerprint density at radius 2 is 1.84 bits per heavy atom. The predicted octanol–water partition coefficient (Wildman–Crippen LogP) is 3.50. The Kier molecular flexibility index (Phi) is 5.62. The molecule has 8 nitrogen and oxygen atoms in total. The molecule has 8 heteroatoms. The molecule has 1 N–H and O–H groups in total. The van der Waals surface area contributed by atoms with E-state index in [1.165, 1.54) is 7.11 Å². The van der Waals surface area contributed by atoms with Gasteiger partial charge in [0.15, 0.2) is 0 Å². The van der Waals surface area contributed by atoms with Gasteiger partial charge in [-0.05, 0) is 37.1 Å². The molecule has 2 aromatic heterocycles. The van der Waals surface area contributed by atoms with Crippen LogP contribution in [0.5, 0.6) is 17.2 Å². The number of benzene rings is 2. The molecule has 0 bridgehead atoms. The summed E-state index contributed by atoms with van der Waals surface area (Å²) >= 11 is 0. The number of imidazole rings is 1. The summed E-state index contributed by atoms with van der Waals surface area (Å²) in [6.45, 7) is 5.20. The maximum atomic E-state index is 12.8. The first-order valence-electron chi connectivity index (χ1n) is 9.86. The summed E-state index contributed by atoms with van der Waals surface area (Å²) in [5.41, 5.74) is 2.97. The summed E-state index contributed by atoms with van der Waals surface area (Å²) in [7, 11) is 3.08. The number of hydrogen-bond acceptors (Lipinski definition) is 6. The van der Waals surface area contributed by atoms with Gasteiger partial charge in [-0.3, -0.25) is 4.79 Å². The third-order valence-electron chi connectivity index (χ3n) is 5.09. The molecular formula is C23H24N4O4. The third-order valence-corrected chi connectivity index (χ3v) is 5.09. The van der Waals surface area contributed by atoms with Crippen LogP contribution in [0.2, 0.25) is 0 Å². The van der Waals surface area contributed by atoms with Crippen LogP contribution >= 0.6 is 0 Å². The van der Waals surface area contributed by atoms with Gasteiger partial charge in [0.2, 0.25) is 0 Å². The number of aromatic amines is 1. The fourth-order valence-electron chi connectivity index (χ4n) is 3.61. The number of rotatable bonds is 7. The Hall–Kier alpha value is -3.81. The molecule has 0 aliphatic heterocycles. The monoisotopic (exact) mass is 420 g/mol. The lowest BCUT2D eigenvalue weighted by molar-refractivity contribution is 0.294. The number of fused-ring (bicyclic) bond motifs is 1. The summed E-state index contributed by atoms with van der Waals surface area (Å²) in [5.74, 6) is 2.30. The van der Waals surface area contributed by atoms with Crippen molar-refractivity contribution in [1.82, 2.24) is 19.5 Å². The molecule has 0 aliphatic carbocycles. The van der Waals surface area contributed by atoms with Crippen molar-refractivity contribution in [2.75, 3.05) is 20.8 Å². The molecule has 0 fully saturated rings. The van der Waals surface area contributed by atoms with Crippen LogP contribution in [-0.2, 0) is 6.54 Å². The highest BCUT2D eigenvalue weighted by atomic mass is 16.5. The van der Waals surface area contributed by atoms with Gasteiger partial charge in [-0.1, -0.05) is 0 Å². The zero-order chi connectivity index (χ0) is 22.0. The topological polar surface area (TPSA) is 91.3 Å². The molecule has 0 radical (unpaired) electrons. The van der Waals surface area contributed by atoms with E-state index in [2.05, 4.69) is 15.0 Å². The van der Waals surface area contributed by atoms with Crippen LogP contribution in [0, 0.1) is 13.8 Å². The summed E-state index contributed by atoms with van der Waals surface area (Å²) in [5, 5.41) is 0.389. The molecule has 2 heterocycles. The summed E-state index contributed by atoms with van der Waals surface area (Å²) < 4.78 is 18.6. The molecule has 0 unspecified atom stereocenters. The lowest BCUT2D eigenvalue weighted by Gasteiger charge is -2.15. The van der Waals surface area contributed by atoms with Crippen LogP contribution in [0.15, 0.2) is 47.8 Å². The van der Waals surface area contributed by atoms with Gasteiger partial charge in [0.25, 0.3) is 5.56 Å². The maximum absolute atomic E-state index is 12.8. The van der Waals surface area contributed by atoms with Gasteiger partial charge in [0.1, 0.15) is 35.1 Å². The van der Waals surface area contributed by atoms with Gasteiger partial charge < -0.3 is 23.8 Å². The number of hydrogen-bond donors (Lipinski definition) is 1. The molecule has 4 aromatic rings. The minimum atomic E-state index is -0.268.